The van der Waals surface area contributed by atoms with Crippen LogP contribution in [0.5, 0.6) is 0 Å². The number of benzene rings is 1. The number of nitrogens with zero attached hydrogens (tertiary/aromatic N) is 4. The molecule has 0 unspecified atom stereocenters. The molecule has 158 valence electrons. The Kier molecular flexibility index (Phi) is 5.53. The smallest absolute Gasteiger partial charge is 0.349 e. The fourth-order valence-corrected chi connectivity index (χ4v) is 4.11. The molecule has 0 bridgehead atoms. The first-order valence-electron chi connectivity index (χ1n) is 9.00. The van der Waals surface area contributed by atoms with E-state index in [-0.39, 0.29) is 29.9 Å². The van der Waals surface area contributed by atoms with Gasteiger partial charge in [-0.2, -0.15) is 15.0 Å². The highest BCUT2D eigenvalue weighted by Gasteiger charge is 2.20. The molecule has 4 aromatic rings. The van der Waals surface area contributed by atoms with E-state index in [4.69, 9.17) is 22.1 Å². The first-order chi connectivity index (χ1) is 14.8. The zero-order valence-electron chi connectivity index (χ0n) is 16.4. The summed E-state index contributed by atoms with van der Waals surface area (Å²) in [6.45, 7) is 3.13. The number of hydrogen-bond acceptors (Lipinski definition) is 10. The van der Waals surface area contributed by atoms with Crippen molar-refractivity contribution in [3.05, 3.63) is 61.7 Å². The van der Waals surface area contributed by atoms with Gasteiger partial charge >= 0.3 is 5.97 Å². The Bertz CT molecular complexity index is 1350. The third kappa shape index (κ3) is 4.47. The number of halogens is 1. The largest absolute Gasteiger partial charge is 0.453 e. The molecule has 0 amide bonds. The van der Waals surface area contributed by atoms with Crippen molar-refractivity contribution in [2.45, 2.75) is 20.5 Å². The van der Waals surface area contributed by atoms with Crippen LogP contribution in [0.25, 0.3) is 10.2 Å². The minimum absolute atomic E-state index is 0.0261. The van der Waals surface area contributed by atoms with Gasteiger partial charge in [0.05, 0.1) is 5.39 Å². The molecule has 12 heteroatoms. The Morgan fingerprint density at radius 1 is 1.19 bits per heavy atom. The predicted molar refractivity (Wildman–Crippen MR) is 118 cm³/mol. The normalized spacial score (nSPS) is 10.9. The zero-order chi connectivity index (χ0) is 22.1. The maximum Gasteiger partial charge on any atom is 0.349 e. The Hall–Kier alpha value is -3.57. The molecule has 0 aliphatic heterocycles. The van der Waals surface area contributed by atoms with Gasteiger partial charge < -0.3 is 20.8 Å². The number of fused-ring (bicyclic) bond motifs is 1. The van der Waals surface area contributed by atoms with Gasteiger partial charge in [-0.1, -0.05) is 11.6 Å². The molecule has 0 aliphatic carbocycles. The Balaban J connectivity index is 1.52. The Morgan fingerprint density at radius 3 is 2.68 bits per heavy atom. The number of hydrogen-bond donors (Lipinski definition) is 3. The quantitative estimate of drug-likeness (QED) is 0.384. The highest BCUT2D eigenvalue weighted by atomic mass is 35.5. The molecule has 3 aromatic heterocycles. The van der Waals surface area contributed by atoms with Crippen LogP contribution in [0.2, 0.25) is 5.02 Å². The molecule has 0 radical (unpaired) electrons. The summed E-state index contributed by atoms with van der Waals surface area (Å²) in [6, 6.07) is 6.94. The van der Waals surface area contributed by atoms with E-state index < -0.39 is 5.97 Å². The minimum Gasteiger partial charge on any atom is -0.453 e. The number of anilines is 3. The van der Waals surface area contributed by atoms with Gasteiger partial charge in [0.25, 0.3) is 5.56 Å². The molecular formula is C19H16ClN7O3S. The predicted octanol–water partition coefficient (Wildman–Crippen LogP) is 3.12. The summed E-state index contributed by atoms with van der Waals surface area (Å²) in [4.78, 5) is 44.7. The average Bonchev–Trinajstić information content (AvgIpc) is 3.04. The number of aryl methyl sites for hydroxylation is 2. The van der Waals surface area contributed by atoms with Gasteiger partial charge in [0, 0.05) is 10.7 Å². The number of carbonyl (C=O) groups is 1. The van der Waals surface area contributed by atoms with E-state index in [2.05, 4.69) is 30.2 Å². The Morgan fingerprint density at radius 2 is 1.94 bits per heavy atom. The number of rotatable bonds is 5. The van der Waals surface area contributed by atoms with Crippen molar-refractivity contribution in [3.63, 3.8) is 0 Å². The van der Waals surface area contributed by atoms with Gasteiger partial charge in [0.15, 0.2) is 12.4 Å². The molecule has 0 atom stereocenters. The molecular weight excluding hydrogens is 442 g/mol. The lowest BCUT2D eigenvalue weighted by Gasteiger charge is -2.08. The highest BCUT2D eigenvalue weighted by Crippen LogP contribution is 2.27. The second-order valence-electron chi connectivity index (χ2n) is 6.53. The van der Waals surface area contributed by atoms with Crippen LogP contribution in [-0.2, 0) is 11.3 Å². The van der Waals surface area contributed by atoms with Crippen LogP contribution in [0.3, 0.4) is 0 Å². The number of nitrogen functional groups attached to an aromatic ring is 1. The third-order valence-electron chi connectivity index (χ3n) is 4.24. The summed E-state index contributed by atoms with van der Waals surface area (Å²) in [5.41, 5.74) is 6.67. The fraction of sp³-hybridized carbons (Fsp3) is 0.158. The van der Waals surface area contributed by atoms with Crippen LogP contribution < -0.4 is 16.6 Å². The van der Waals surface area contributed by atoms with Crippen molar-refractivity contribution in [1.82, 2.24) is 24.9 Å². The summed E-state index contributed by atoms with van der Waals surface area (Å²) in [5.74, 6) is 0.207. The molecule has 0 saturated carbocycles. The molecule has 4 N–H and O–H groups in total. The zero-order valence-corrected chi connectivity index (χ0v) is 18.0. The standard InChI is InChI=1S/C19H16ClN7O3S/c1-8-13-15(28)22-9(2)23-16(13)31-14(8)17(29)30-7-12-25-18(21)27-19(26-12)24-11-5-3-10(20)4-6-11/h3-6H,7H2,1-2H3,(H,22,23,28)(H3,21,24,25,26,27). The second-order valence-corrected chi connectivity index (χ2v) is 7.96. The highest BCUT2D eigenvalue weighted by molar-refractivity contribution is 7.20. The number of aromatic nitrogens is 5. The fourth-order valence-electron chi connectivity index (χ4n) is 2.86. The van der Waals surface area contributed by atoms with Gasteiger partial charge in [0.2, 0.25) is 11.9 Å². The average molecular weight is 458 g/mol. The van der Waals surface area contributed by atoms with Crippen LogP contribution in [0.4, 0.5) is 17.6 Å². The van der Waals surface area contributed by atoms with E-state index in [9.17, 15) is 9.59 Å². The first kappa shape index (κ1) is 20.7. The lowest BCUT2D eigenvalue weighted by atomic mass is 10.2. The van der Waals surface area contributed by atoms with Crippen molar-refractivity contribution >= 4 is 56.7 Å². The molecule has 0 aliphatic rings. The monoisotopic (exact) mass is 457 g/mol. The second kappa shape index (κ2) is 8.28. The summed E-state index contributed by atoms with van der Waals surface area (Å²) >= 11 is 6.98. The molecule has 1 aromatic carbocycles. The molecule has 10 nitrogen and oxygen atoms in total. The van der Waals surface area contributed by atoms with Gasteiger partial charge in [-0.05, 0) is 43.7 Å². The van der Waals surface area contributed by atoms with Crippen molar-refractivity contribution in [2.75, 3.05) is 11.1 Å². The van der Waals surface area contributed by atoms with Gasteiger partial charge in [-0.25, -0.2) is 9.78 Å². The van der Waals surface area contributed by atoms with Crippen LogP contribution in [0.1, 0.15) is 26.9 Å². The van der Waals surface area contributed by atoms with Crippen LogP contribution >= 0.6 is 22.9 Å². The molecule has 31 heavy (non-hydrogen) atoms. The van der Waals surface area contributed by atoms with E-state index in [0.29, 0.717) is 37.2 Å². The van der Waals surface area contributed by atoms with Crippen molar-refractivity contribution in [1.29, 1.82) is 0 Å². The van der Waals surface area contributed by atoms with Crippen molar-refractivity contribution in [2.24, 2.45) is 0 Å². The number of thiophene rings is 1. The van der Waals surface area contributed by atoms with E-state index in [1.54, 1.807) is 38.1 Å². The number of nitrogens with two attached hydrogens (primary N) is 1. The molecule has 0 saturated heterocycles. The lowest BCUT2D eigenvalue weighted by Crippen LogP contribution is -2.12. The van der Waals surface area contributed by atoms with Crippen LogP contribution in [-0.4, -0.2) is 30.9 Å². The number of carbonyl (C=O) groups excluding carboxylic acids is 1. The maximum absolute atomic E-state index is 12.6. The summed E-state index contributed by atoms with van der Waals surface area (Å²) < 4.78 is 5.35. The number of nitrogens with one attached hydrogen (secondary N) is 2. The molecule has 0 fully saturated rings. The lowest BCUT2D eigenvalue weighted by molar-refractivity contribution is 0.0467. The Labute approximate surface area is 184 Å². The molecule has 0 spiro atoms. The summed E-state index contributed by atoms with van der Waals surface area (Å²) in [7, 11) is 0. The topological polar surface area (TPSA) is 149 Å². The molecule has 4 rings (SSSR count). The number of aromatic amines is 1. The van der Waals surface area contributed by atoms with Crippen molar-refractivity contribution < 1.29 is 9.53 Å². The molecule has 3 heterocycles. The van der Waals surface area contributed by atoms with E-state index in [1.807, 2.05) is 0 Å². The SMILES string of the molecule is Cc1nc2sc(C(=O)OCc3nc(N)nc(Nc4ccc(Cl)cc4)n3)c(C)c2c(=O)[nH]1. The first-order valence-corrected chi connectivity index (χ1v) is 10.2. The van der Waals surface area contributed by atoms with Crippen LogP contribution in [0, 0.1) is 13.8 Å². The van der Waals surface area contributed by atoms with Gasteiger partial charge in [-0.15, -0.1) is 11.3 Å². The van der Waals surface area contributed by atoms with E-state index in [1.165, 1.54) is 0 Å². The van der Waals surface area contributed by atoms with Gasteiger partial charge in [-0.3, -0.25) is 4.79 Å². The van der Waals surface area contributed by atoms with Gasteiger partial charge in [0.1, 0.15) is 15.5 Å². The minimum atomic E-state index is -0.608. The maximum atomic E-state index is 12.6. The number of H-pyrrole nitrogens is 1. The van der Waals surface area contributed by atoms with E-state index in [0.717, 1.165) is 11.3 Å². The third-order valence-corrected chi connectivity index (χ3v) is 5.65. The van der Waals surface area contributed by atoms with Crippen molar-refractivity contribution in [3.8, 4) is 0 Å². The van der Waals surface area contributed by atoms with E-state index >= 15 is 0 Å². The number of esters is 1. The summed E-state index contributed by atoms with van der Waals surface area (Å²) in [5, 5.41) is 3.96. The van der Waals surface area contributed by atoms with Crippen LogP contribution in [0.15, 0.2) is 29.1 Å². The number of ether oxygens (including phenoxy) is 1. The summed E-state index contributed by atoms with van der Waals surface area (Å²) in [6.07, 6.45) is 0.